The van der Waals surface area contributed by atoms with Crippen LogP contribution in [0.5, 0.6) is 17.4 Å². The van der Waals surface area contributed by atoms with Gasteiger partial charge < -0.3 is 19.6 Å². The average Bonchev–Trinajstić information content (AvgIpc) is 3.05. The molecule has 8 heteroatoms. The molecule has 0 bridgehead atoms. The second-order valence-electron chi connectivity index (χ2n) is 6.05. The molecule has 1 aliphatic heterocycles. The molecule has 4 aromatic rings. The van der Waals surface area contributed by atoms with Crippen molar-refractivity contribution < 1.29 is 14.6 Å². The highest BCUT2D eigenvalue weighted by Crippen LogP contribution is 2.35. The fourth-order valence-electron chi connectivity index (χ4n) is 3.14. The van der Waals surface area contributed by atoms with Crippen molar-refractivity contribution in [2.45, 2.75) is 0 Å². The van der Waals surface area contributed by atoms with Crippen molar-refractivity contribution >= 4 is 5.65 Å². The van der Waals surface area contributed by atoms with Gasteiger partial charge in [-0.05, 0) is 30.3 Å². The Hall–Kier alpha value is -3.81. The summed E-state index contributed by atoms with van der Waals surface area (Å²) in [7, 11) is 0. The van der Waals surface area contributed by atoms with Crippen LogP contribution in [0.25, 0.3) is 28.2 Å². The van der Waals surface area contributed by atoms with Crippen molar-refractivity contribution in [2.75, 3.05) is 13.2 Å². The zero-order valence-electron chi connectivity index (χ0n) is 14.0. The van der Waals surface area contributed by atoms with E-state index in [0.717, 1.165) is 10.1 Å². The van der Waals surface area contributed by atoms with Gasteiger partial charge in [-0.15, -0.1) is 5.10 Å². The standard InChI is InChI=1S/C19H14N4O4/c24-16-10-13(11-4-5-14-15(9-11)27-8-7-26-14)21-18-17(19(25)22-23(16)18)12-3-1-2-6-20-12/h1-6,9-10,21H,7-8H2,(H,22,25). The van der Waals surface area contributed by atoms with Gasteiger partial charge in [0.05, 0.1) is 11.4 Å². The van der Waals surface area contributed by atoms with E-state index in [1.165, 1.54) is 6.07 Å². The number of nitrogens with zero attached hydrogens (tertiary/aromatic N) is 3. The molecule has 1 aliphatic rings. The highest BCUT2D eigenvalue weighted by atomic mass is 16.6. The van der Waals surface area contributed by atoms with Crippen molar-refractivity contribution in [3.63, 3.8) is 0 Å². The van der Waals surface area contributed by atoms with Crippen LogP contribution in [0.2, 0.25) is 0 Å². The van der Waals surface area contributed by atoms with Crippen molar-refractivity contribution in [2.24, 2.45) is 0 Å². The summed E-state index contributed by atoms with van der Waals surface area (Å²) in [6, 6.07) is 12.2. The summed E-state index contributed by atoms with van der Waals surface area (Å²) in [6.07, 6.45) is 1.61. The number of hydrogen-bond acceptors (Lipinski definition) is 6. The molecule has 2 N–H and O–H groups in total. The van der Waals surface area contributed by atoms with Crippen LogP contribution in [0, 0.1) is 0 Å². The summed E-state index contributed by atoms with van der Waals surface area (Å²) in [6.45, 7) is 0.990. The number of aromatic nitrogens is 4. The maximum Gasteiger partial charge on any atom is 0.275 e. The van der Waals surface area contributed by atoms with Crippen molar-refractivity contribution in [3.05, 3.63) is 59.0 Å². The van der Waals surface area contributed by atoms with Crippen molar-refractivity contribution in [1.29, 1.82) is 0 Å². The van der Waals surface area contributed by atoms with Gasteiger partial charge in [-0.1, -0.05) is 6.07 Å². The van der Waals surface area contributed by atoms with E-state index >= 15 is 0 Å². The van der Waals surface area contributed by atoms with Crippen LogP contribution in [-0.4, -0.2) is 37.9 Å². The van der Waals surface area contributed by atoms with E-state index in [9.17, 15) is 9.90 Å². The van der Waals surface area contributed by atoms with Gasteiger partial charge in [0, 0.05) is 17.8 Å². The highest BCUT2D eigenvalue weighted by molar-refractivity contribution is 5.81. The van der Waals surface area contributed by atoms with Gasteiger partial charge in [0.25, 0.3) is 5.56 Å². The molecular weight excluding hydrogens is 348 g/mol. The monoisotopic (exact) mass is 362 g/mol. The lowest BCUT2D eigenvalue weighted by atomic mass is 10.1. The lowest BCUT2D eigenvalue weighted by molar-refractivity contribution is 0.171. The quantitative estimate of drug-likeness (QED) is 0.567. The number of benzene rings is 1. The molecule has 0 radical (unpaired) electrons. The highest BCUT2D eigenvalue weighted by Gasteiger charge is 2.19. The number of aromatic hydroxyl groups is 1. The molecule has 0 unspecified atom stereocenters. The Morgan fingerprint density at radius 2 is 1.93 bits per heavy atom. The first-order valence-corrected chi connectivity index (χ1v) is 8.37. The lowest BCUT2D eigenvalue weighted by Gasteiger charge is -2.18. The number of rotatable bonds is 2. The van der Waals surface area contributed by atoms with E-state index in [0.29, 0.717) is 47.3 Å². The number of nitrogens with one attached hydrogen (secondary N) is 1. The topological polar surface area (TPSA) is 102 Å². The molecule has 134 valence electrons. The molecule has 1 aromatic carbocycles. The third-order valence-corrected chi connectivity index (χ3v) is 4.37. The Morgan fingerprint density at radius 3 is 2.74 bits per heavy atom. The molecule has 3 aromatic heterocycles. The zero-order chi connectivity index (χ0) is 18.4. The smallest absolute Gasteiger partial charge is 0.275 e. The summed E-state index contributed by atoms with van der Waals surface area (Å²) < 4.78 is 12.3. The molecule has 0 aliphatic carbocycles. The van der Waals surface area contributed by atoms with E-state index in [1.54, 1.807) is 30.5 Å². The van der Waals surface area contributed by atoms with Crippen LogP contribution in [0.1, 0.15) is 0 Å². The first-order chi connectivity index (χ1) is 13.2. The third-order valence-electron chi connectivity index (χ3n) is 4.37. The molecule has 0 saturated carbocycles. The molecule has 27 heavy (non-hydrogen) atoms. The number of H-pyrrole nitrogens is 1. The van der Waals surface area contributed by atoms with Gasteiger partial charge in [-0.2, -0.15) is 4.52 Å². The maximum absolute atomic E-state index is 12.6. The molecular formula is C19H14N4O4. The summed E-state index contributed by atoms with van der Waals surface area (Å²) in [4.78, 5) is 20.0. The van der Waals surface area contributed by atoms with E-state index in [-0.39, 0.29) is 11.4 Å². The largest absolute Gasteiger partial charge is 0.492 e. The second-order valence-corrected chi connectivity index (χ2v) is 6.05. The SMILES string of the molecule is O=c1cc(-c2ccc3c(c2)OCCO3)[nH]c2c(-c3ccccn3)c(O)nn12. The third kappa shape index (κ3) is 2.50. The number of fused-ring (bicyclic) bond motifs is 2. The Kier molecular flexibility index (Phi) is 3.36. The predicted molar refractivity (Wildman–Crippen MR) is 97.1 cm³/mol. The van der Waals surface area contributed by atoms with Gasteiger partial charge in [-0.3, -0.25) is 9.78 Å². The normalized spacial score (nSPS) is 13.0. The van der Waals surface area contributed by atoms with Crippen LogP contribution in [0.15, 0.2) is 53.5 Å². The number of hydrogen-bond donors (Lipinski definition) is 2. The lowest BCUT2D eigenvalue weighted by Crippen LogP contribution is -2.16. The maximum atomic E-state index is 12.6. The van der Waals surface area contributed by atoms with E-state index < -0.39 is 0 Å². The Labute approximate surface area is 152 Å². The fraction of sp³-hybridized carbons (Fsp3) is 0.105. The minimum atomic E-state index is -0.369. The first-order valence-electron chi connectivity index (χ1n) is 8.37. The van der Waals surface area contributed by atoms with Crippen LogP contribution >= 0.6 is 0 Å². The molecule has 0 saturated heterocycles. The Bertz CT molecular complexity index is 1210. The molecule has 0 amide bonds. The van der Waals surface area contributed by atoms with Crippen LogP contribution in [-0.2, 0) is 0 Å². The summed E-state index contributed by atoms with van der Waals surface area (Å²) >= 11 is 0. The molecule has 8 nitrogen and oxygen atoms in total. The van der Waals surface area contributed by atoms with Crippen molar-refractivity contribution in [1.82, 2.24) is 19.6 Å². The second kappa shape index (κ2) is 5.87. The minimum absolute atomic E-state index is 0.263. The van der Waals surface area contributed by atoms with Gasteiger partial charge in [0.2, 0.25) is 5.88 Å². The zero-order valence-corrected chi connectivity index (χ0v) is 14.0. The van der Waals surface area contributed by atoms with Crippen LogP contribution in [0.3, 0.4) is 0 Å². The number of aromatic amines is 1. The summed E-state index contributed by atoms with van der Waals surface area (Å²) in [5, 5.41) is 14.2. The number of pyridine rings is 1. The molecule has 4 heterocycles. The van der Waals surface area contributed by atoms with Gasteiger partial charge in [0.1, 0.15) is 18.8 Å². The molecule has 0 spiro atoms. The van der Waals surface area contributed by atoms with Gasteiger partial charge in [0.15, 0.2) is 17.1 Å². The van der Waals surface area contributed by atoms with E-state index in [1.807, 2.05) is 12.1 Å². The predicted octanol–water partition coefficient (Wildman–Crippen LogP) is 2.23. The van der Waals surface area contributed by atoms with Gasteiger partial charge in [-0.25, -0.2) is 0 Å². The van der Waals surface area contributed by atoms with Crippen molar-refractivity contribution in [3.8, 4) is 39.9 Å². The van der Waals surface area contributed by atoms with Crippen LogP contribution in [0.4, 0.5) is 0 Å². The Balaban J connectivity index is 1.72. The Morgan fingerprint density at radius 1 is 1.07 bits per heavy atom. The molecule has 0 fully saturated rings. The van der Waals surface area contributed by atoms with E-state index in [2.05, 4.69) is 15.1 Å². The first kappa shape index (κ1) is 15.4. The summed E-state index contributed by atoms with van der Waals surface area (Å²) in [5.41, 5.74) is 2.20. The average molecular weight is 362 g/mol. The van der Waals surface area contributed by atoms with Gasteiger partial charge >= 0.3 is 0 Å². The summed E-state index contributed by atoms with van der Waals surface area (Å²) in [5.74, 6) is 1.03. The van der Waals surface area contributed by atoms with E-state index in [4.69, 9.17) is 9.47 Å². The molecule has 0 atom stereocenters. The van der Waals surface area contributed by atoms with Crippen LogP contribution < -0.4 is 15.0 Å². The number of ether oxygens (including phenoxy) is 2. The molecule has 5 rings (SSSR count). The minimum Gasteiger partial charge on any atom is -0.492 e. The fourth-order valence-corrected chi connectivity index (χ4v) is 3.14.